The minimum absolute atomic E-state index is 0.220. The summed E-state index contributed by atoms with van der Waals surface area (Å²) in [4.78, 5) is 4.26. The number of fused-ring (bicyclic) bond motifs is 1. The van der Waals surface area contributed by atoms with E-state index in [1.165, 1.54) is 16.3 Å². The molecule has 0 amide bonds. The molecule has 0 atom stereocenters. The highest BCUT2D eigenvalue weighted by Gasteiger charge is 2.09. The van der Waals surface area contributed by atoms with Crippen molar-refractivity contribution in [2.45, 2.75) is 13.3 Å². The van der Waals surface area contributed by atoms with Gasteiger partial charge in [-0.2, -0.15) is 0 Å². The average Bonchev–Trinajstić information content (AvgIpc) is 2.72. The van der Waals surface area contributed by atoms with Gasteiger partial charge in [0.1, 0.15) is 11.4 Å². The number of halogens is 1. The highest BCUT2D eigenvalue weighted by molar-refractivity contribution is 9.10. The van der Waals surface area contributed by atoms with Crippen molar-refractivity contribution in [3.63, 3.8) is 0 Å². The number of ether oxygens (including phenoxy) is 1. The highest BCUT2D eigenvalue weighted by atomic mass is 79.9. The van der Waals surface area contributed by atoms with Crippen LogP contribution in [-0.4, -0.2) is 26.9 Å². The largest absolute Gasteiger partial charge is 0.506 e. The summed E-state index contributed by atoms with van der Waals surface area (Å²) in [7, 11) is 0. The molecule has 140 valence electrons. The maximum Gasteiger partial charge on any atom is 0.335 e. The Morgan fingerprint density at radius 1 is 1.04 bits per heavy atom. The number of phenolic OH excluding ortho intramolecular Hbond substituents is 1. The second-order valence-electron chi connectivity index (χ2n) is 6.49. The third-order valence-corrected chi connectivity index (χ3v) is 5.18. The van der Waals surface area contributed by atoms with Crippen LogP contribution in [0.15, 0.2) is 65.3 Å². The molecule has 0 spiro atoms. The molecule has 3 aromatic carbocycles. The van der Waals surface area contributed by atoms with Crippen LogP contribution in [0.1, 0.15) is 11.1 Å². The molecule has 0 saturated carbocycles. The summed E-state index contributed by atoms with van der Waals surface area (Å²) in [6.07, 6.45) is 2.38. The van der Waals surface area contributed by atoms with Crippen molar-refractivity contribution in [1.29, 1.82) is 0 Å². The van der Waals surface area contributed by atoms with Crippen molar-refractivity contribution in [1.82, 2.24) is 15.2 Å². The van der Waals surface area contributed by atoms with E-state index in [1.54, 1.807) is 12.3 Å². The molecule has 1 heterocycles. The first kappa shape index (κ1) is 18.4. The summed E-state index contributed by atoms with van der Waals surface area (Å²) < 4.78 is 6.29. The van der Waals surface area contributed by atoms with Gasteiger partial charge in [-0.05, 0) is 56.9 Å². The topological polar surface area (TPSA) is 68.1 Å². The van der Waals surface area contributed by atoms with Crippen LogP contribution < -0.4 is 4.74 Å². The molecule has 4 rings (SSSR count). The smallest absolute Gasteiger partial charge is 0.335 e. The molecule has 0 fully saturated rings. The van der Waals surface area contributed by atoms with Gasteiger partial charge in [0, 0.05) is 12.0 Å². The summed E-state index contributed by atoms with van der Waals surface area (Å²) in [6.45, 7) is 2.30. The molecule has 5 nitrogen and oxygen atoms in total. The van der Waals surface area contributed by atoms with Crippen molar-refractivity contribution < 1.29 is 9.84 Å². The van der Waals surface area contributed by atoms with Crippen LogP contribution in [0.4, 0.5) is 0 Å². The number of aromatic nitrogens is 3. The van der Waals surface area contributed by atoms with Gasteiger partial charge in [-0.1, -0.05) is 47.6 Å². The van der Waals surface area contributed by atoms with E-state index in [4.69, 9.17) is 4.74 Å². The number of aryl methyl sites for hydroxylation is 1. The van der Waals surface area contributed by atoms with E-state index in [1.807, 2.05) is 25.1 Å². The fraction of sp³-hybridized carbons (Fsp3) is 0.136. The van der Waals surface area contributed by atoms with Crippen molar-refractivity contribution in [3.05, 3.63) is 76.4 Å². The van der Waals surface area contributed by atoms with Crippen LogP contribution in [0.2, 0.25) is 0 Å². The van der Waals surface area contributed by atoms with Crippen molar-refractivity contribution >= 4 is 26.7 Å². The third-order valence-electron chi connectivity index (χ3n) is 4.57. The van der Waals surface area contributed by atoms with Crippen LogP contribution >= 0.6 is 15.9 Å². The molecule has 6 heteroatoms. The van der Waals surface area contributed by atoms with Gasteiger partial charge in [-0.25, -0.2) is 4.98 Å². The maximum absolute atomic E-state index is 9.86. The lowest BCUT2D eigenvalue weighted by Crippen LogP contribution is -2.05. The predicted molar refractivity (Wildman–Crippen MR) is 113 cm³/mol. The Morgan fingerprint density at radius 3 is 2.64 bits per heavy atom. The summed E-state index contributed by atoms with van der Waals surface area (Å²) in [5.74, 6) is 0.220. The predicted octanol–water partition coefficient (Wildman–Crippen LogP) is 5.09. The fourth-order valence-electron chi connectivity index (χ4n) is 3.11. The Balaban J connectivity index is 1.44. The number of aromatic hydroxyl groups is 1. The molecule has 0 saturated heterocycles. The van der Waals surface area contributed by atoms with Gasteiger partial charge in [0.15, 0.2) is 0 Å². The Bertz CT molecular complexity index is 1100. The Kier molecular flexibility index (Phi) is 5.21. The monoisotopic (exact) mass is 435 g/mol. The Hall–Kier alpha value is -2.99. The van der Waals surface area contributed by atoms with Crippen molar-refractivity contribution in [3.8, 4) is 23.0 Å². The van der Waals surface area contributed by atoms with Crippen LogP contribution in [0.25, 0.3) is 22.0 Å². The normalized spacial score (nSPS) is 10.9. The molecule has 0 bridgehead atoms. The number of nitrogens with zero attached hydrogens (tertiary/aromatic N) is 3. The molecule has 0 aliphatic rings. The first-order valence-electron chi connectivity index (χ1n) is 8.90. The van der Waals surface area contributed by atoms with Gasteiger partial charge < -0.3 is 9.84 Å². The van der Waals surface area contributed by atoms with E-state index in [2.05, 4.69) is 61.4 Å². The SMILES string of the molecule is Cc1cc(-c2cnc(OCCc3cccc4ccccc34)nn2)cc(Br)c1O. The van der Waals surface area contributed by atoms with Crippen LogP contribution in [0, 0.1) is 6.92 Å². The Labute approximate surface area is 171 Å². The summed E-state index contributed by atoms with van der Waals surface area (Å²) >= 11 is 3.34. The van der Waals surface area contributed by atoms with Gasteiger partial charge >= 0.3 is 6.01 Å². The van der Waals surface area contributed by atoms with Gasteiger partial charge in [-0.3, -0.25) is 0 Å². The van der Waals surface area contributed by atoms with Gasteiger partial charge in [0.2, 0.25) is 0 Å². The number of hydrogen-bond acceptors (Lipinski definition) is 5. The van der Waals surface area contributed by atoms with Crippen molar-refractivity contribution in [2.75, 3.05) is 6.61 Å². The third kappa shape index (κ3) is 3.82. The average molecular weight is 436 g/mol. The van der Waals surface area contributed by atoms with Crippen LogP contribution in [-0.2, 0) is 6.42 Å². The Morgan fingerprint density at radius 2 is 1.86 bits per heavy atom. The zero-order valence-electron chi connectivity index (χ0n) is 15.3. The fourth-order valence-corrected chi connectivity index (χ4v) is 3.67. The number of phenols is 1. The van der Waals surface area contributed by atoms with Crippen LogP contribution in [0.3, 0.4) is 0 Å². The number of hydrogen-bond donors (Lipinski definition) is 1. The molecule has 1 N–H and O–H groups in total. The van der Waals surface area contributed by atoms with E-state index < -0.39 is 0 Å². The second kappa shape index (κ2) is 7.94. The van der Waals surface area contributed by atoms with Crippen molar-refractivity contribution in [2.24, 2.45) is 0 Å². The van der Waals surface area contributed by atoms with Crippen LogP contribution in [0.5, 0.6) is 11.8 Å². The lowest BCUT2D eigenvalue weighted by molar-refractivity contribution is 0.292. The van der Waals surface area contributed by atoms with E-state index in [-0.39, 0.29) is 11.8 Å². The standard InChI is InChI=1S/C22H18BrN3O2/c1-14-11-17(12-19(23)21(14)27)20-13-24-22(26-25-20)28-10-9-16-7-4-6-15-5-2-3-8-18(15)16/h2-8,11-13,27H,9-10H2,1H3. The zero-order chi connectivity index (χ0) is 19.5. The van der Waals surface area contributed by atoms with E-state index in [0.29, 0.717) is 16.8 Å². The molecule has 0 unspecified atom stereocenters. The molecule has 28 heavy (non-hydrogen) atoms. The first-order valence-corrected chi connectivity index (χ1v) is 9.70. The lowest BCUT2D eigenvalue weighted by atomic mass is 10.0. The molecule has 1 aromatic heterocycles. The number of benzene rings is 3. The van der Waals surface area contributed by atoms with E-state index in [0.717, 1.165) is 17.5 Å². The molecular formula is C22H18BrN3O2. The molecule has 4 aromatic rings. The molecular weight excluding hydrogens is 418 g/mol. The summed E-state index contributed by atoms with van der Waals surface area (Å²) in [5.41, 5.74) is 3.42. The van der Waals surface area contributed by atoms with E-state index >= 15 is 0 Å². The van der Waals surface area contributed by atoms with Gasteiger partial charge in [0.25, 0.3) is 0 Å². The molecule has 0 aliphatic carbocycles. The molecule has 0 aliphatic heterocycles. The second-order valence-corrected chi connectivity index (χ2v) is 7.34. The zero-order valence-corrected chi connectivity index (χ0v) is 16.8. The van der Waals surface area contributed by atoms with E-state index in [9.17, 15) is 5.11 Å². The molecule has 0 radical (unpaired) electrons. The lowest BCUT2D eigenvalue weighted by Gasteiger charge is -2.08. The first-order chi connectivity index (χ1) is 13.6. The highest BCUT2D eigenvalue weighted by Crippen LogP contribution is 2.32. The quantitative estimate of drug-likeness (QED) is 0.472. The van der Waals surface area contributed by atoms with Gasteiger partial charge in [0.05, 0.1) is 17.3 Å². The summed E-state index contributed by atoms with van der Waals surface area (Å²) in [6, 6.07) is 18.5. The number of rotatable bonds is 5. The minimum Gasteiger partial charge on any atom is -0.506 e. The summed E-state index contributed by atoms with van der Waals surface area (Å²) in [5, 5.41) is 20.6. The maximum atomic E-state index is 9.86. The minimum atomic E-state index is 0.220. The van der Waals surface area contributed by atoms with Gasteiger partial charge in [-0.15, -0.1) is 5.10 Å².